The van der Waals surface area contributed by atoms with E-state index in [4.69, 9.17) is 15.7 Å². The van der Waals surface area contributed by atoms with Crippen LogP contribution in [0.5, 0.6) is 0 Å². The van der Waals surface area contributed by atoms with Crippen LogP contribution in [-0.4, -0.2) is 19.4 Å². The van der Waals surface area contributed by atoms with Gasteiger partial charge in [-0.3, -0.25) is 4.40 Å². The maximum absolute atomic E-state index is 6.34. The van der Waals surface area contributed by atoms with E-state index in [1.807, 2.05) is 24.4 Å². The van der Waals surface area contributed by atoms with Gasteiger partial charge in [-0.1, -0.05) is 54.6 Å². The first-order chi connectivity index (χ1) is 15.8. The van der Waals surface area contributed by atoms with E-state index >= 15 is 0 Å². The van der Waals surface area contributed by atoms with Gasteiger partial charge < -0.3 is 5.73 Å². The van der Waals surface area contributed by atoms with Gasteiger partial charge >= 0.3 is 0 Å². The van der Waals surface area contributed by atoms with Crippen molar-refractivity contribution in [1.82, 2.24) is 19.4 Å². The predicted octanol–water partition coefficient (Wildman–Crippen LogP) is 6.15. The Morgan fingerprint density at radius 2 is 1.75 bits per heavy atom. The van der Waals surface area contributed by atoms with E-state index in [1.54, 1.807) is 6.20 Å². The van der Waals surface area contributed by atoms with Crippen LogP contribution in [0.1, 0.15) is 31.5 Å². The van der Waals surface area contributed by atoms with E-state index in [-0.39, 0.29) is 0 Å². The lowest BCUT2D eigenvalue weighted by Crippen LogP contribution is -2.00. The van der Waals surface area contributed by atoms with Gasteiger partial charge in [0.05, 0.1) is 11.2 Å². The number of fused-ring (bicyclic) bond motifs is 2. The molecule has 0 amide bonds. The van der Waals surface area contributed by atoms with E-state index in [0.717, 1.165) is 57.6 Å². The maximum Gasteiger partial charge on any atom is 0.150 e. The number of hydrogen-bond acceptors (Lipinski definition) is 4. The Kier molecular flexibility index (Phi) is 4.46. The summed E-state index contributed by atoms with van der Waals surface area (Å²) in [5, 5.41) is 1.10. The first kappa shape index (κ1) is 18.8. The quantitative estimate of drug-likeness (QED) is 0.382. The highest BCUT2D eigenvalue weighted by atomic mass is 15.1. The van der Waals surface area contributed by atoms with Crippen molar-refractivity contribution in [1.29, 1.82) is 0 Å². The number of benzene rings is 2. The Morgan fingerprint density at radius 3 is 2.59 bits per heavy atom. The van der Waals surface area contributed by atoms with Crippen molar-refractivity contribution >= 4 is 27.8 Å². The minimum absolute atomic E-state index is 0.490. The lowest BCUT2D eigenvalue weighted by atomic mass is 9.99. The molecule has 0 unspecified atom stereocenters. The molecule has 0 bridgehead atoms. The largest absolute Gasteiger partial charge is 0.382 e. The summed E-state index contributed by atoms with van der Waals surface area (Å²) >= 11 is 0. The Hall–Kier alpha value is -3.99. The summed E-state index contributed by atoms with van der Waals surface area (Å²) in [6, 6.07) is 20.7. The fraction of sp³-hybridized carbons (Fsp3) is 0.148. The molecule has 2 aromatic carbocycles. The van der Waals surface area contributed by atoms with Crippen LogP contribution in [0, 0.1) is 0 Å². The van der Waals surface area contributed by atoms with Crippen LogP contribution in [-0.2, 0) is 0 Å². The molecule has 3 aromatic heterocycles. The molecule has 5 heteroatoms. The second-order valence-electron chi connectivity index (χ2n) is 8.26. The van der Waals surface area contributed by atoms with E-state index < -0.39 is 0 Å². The van der Waals surface area contributed by atoms with Crippen LogP contribution < -0.4 is 5.73 Å². The number of anilines is 1. The van der Waals surface area contributed by atoms with Gasteiger partial charge in [0.15, 0.2) is 0 Å². The number of pyridine rings is 1. The Balaban J connectivity index is 1.54. The van der Waals surface area contributed by atoms with Crippen LogP contribution in [0.4, 0.5) is 5.82 Å². The molecule has 0 saturated heterocycles. The minimum Gasteiger partial charge on any atom is -0.382 e. The molecule has 6 rings (SSSR count). The summed E-state index contributed by atoms with van der Waals surface area (Å²) in [7, 11) is 0. The molecule has 156 valence electrons. The van der Waals surface area contributed by atoms with E-state index in [9.17, 15) is 0 Å². The molecule has 0 radical (unpaired) electrons. The smallest absolute Gasteiger partial charge is 0.150 e. The molecule has 0 saturated carbocycles. The summed E-state index contributed by atoms with van der Waals surface area (Å²) in [5.41, 5.74) is 13.3. The highest BCUT2D eigenvalue weighted by Crippen LogP contribution is 2.34. The standard InChI is InChI=1S/C27H23N5/c28-26-25-24(31-27(32(25)16-15-29-26)20-9-5-2-6-10-20)21-12-11-19-13-14-22(30-23(19)17-21)18-7-3-1-4-8-18/h1,3-4,7-9,11-17H,2,5-6,10H2,(H2,28,29). The Morgan fingerprint density at radius 1 is 0.875 bits per heavy atom. The first-order valence-corrected chi connectivity index (χ1v) is 11.1. The molecule has 0 aliphatic heterocycles. The number of nitrogen functional groups attached to an aromatic ring is 1. The van der Waals surface area contributed by atoms with Crippen molar-refractivity contribution in [2.75, 3.05) is 5.73 Å². The first-order valence-electron chi connectivity index (χ1n) is 11.1. The molecule has 3 heterocycles. The molecule has 0 fully saturated rings. The highest BCUT2D eigenvalue weighted by molar-refractivity contribution is 5.92. The van der Waals surface area contributed by atoms with Gasteiger partial charge in [-0.05, 0) is 43.4 Å². The van der Waals surface area contributed by atoms with Gasteiger partial charge in [0.25, 0.3) is 0 Å². The molecule has 0 atom stereocenters. The second-order valence-corrected chi connectivity index (χ2v) is 8.26. The Bertz CT molecular complexity index is 1480. The molecule has 1 aliphatic rings. The normalized spacial score (nSPS) is 14.1. The highest BCUT2D eigenvalue weighted by Gasteiger charge is 2.19. The maximum atomic E-state index is 6.34. The lowest BCUT2D eigenvalue weighted by molar-refractivity contribution is 0.736. The number of aromatic nitrogens is 4. The number of allylic oxidation sites excluding steroid dienone is 2. The minimum atomic E-state index is 0.490. The molecule has 5 aromatic rings. The monoisotopic (exact) mass is 417 g/mol. The number of nitrogens with zero attached hydrogens (tertiary/aromatic N) is 4. The number of hydrogen-bond donors (Lipinski definition) is 1. The number of rotatable bonds is 3. The summed E-state index contributed by atoms with van der Waals surface area (Å²) in [4.78, 5) is 14.4. The summed E-state index contributed by atoms with van der Waals surface area (Å²) in [5.74, 6) is 1.46. The third-order valence-electron chi connectivity index (χ3n) is 6.20. The van der Waals surface area contributed by atoms with Gasteiger partial charge in [0.1, 0.15) is 22.9 Å². The van der Waals surface area contributed by atoms with Gasteiger partial charge in [-0.25, -0.2) is 15.0 Å². The summed E-state index contributed by atoms with van der Waals surface area (Å²) in [6.07, 6.45) is 10.6. The van der Waals surface area contributed by atoms with Crippen molar-refractivity contribution in [2.45, 2.75) is 25.7 Å². The molecule has 32 heavy (non-hydrogen) atoms. The summed E-state index contributed by atoms with van der Waals surface area (Å²) in [6.45, 7) is 0. The van der Waals surface area contributed by atoms with Crippen molar-refractivity contribution < 1.29 is 0 Å². The van der Waals surface area contributed by atoms with E-state index in [1.165, 1.54) is 18.4 Å². The average Bonchev–Trinajstić information content (AvgIpc) is 3.25. The second kappa shape index (κ2) is 7.61. The van der Waals surface area contributed by atoms with Crippen LogP contribution >= 0.6 is 0 Å². The van der Waals surface area contributed by atoms with E-state index in [0.29, 0.717) is 5.82 Å². The number of imidazole rings is 1. The predicted molar refractivity (Wildman–Crippen MR) is 130 cm³/mol. The Labute approximate surface area is 186 Å². The van der Waals surface area contributed by atoms with Gasteiger partial charge in [-0.2, -0.15) is 0 Å². The molecular weight excluding hydrogens is 394 g/mol. The van der Waals surface area contributed by atoms with E-state index in [2.05, 4.69) is 57.9 Å². The van der Waals surface area contributed by atoms with Crippen molar-refractivity contribution in [3.05, 3.63) is 85.0 Å². The lowest BCUT2D eigenvalue weighted by Gasteiger charge is -2.11. The molecule has 1 aliphatic carbocycles. The van der Waals surface area contributed by atoms with Crippen molar-refractivity contribution in [2.24, 2.45) is 0 Å². The van der Waals surface area contributed by atoms with Crippen molar-refractivity contribution in [3.63, 3.8) is 0 Å². The molecule has 2 N–H and O–H groups in total. The van der Waals surface area contributed by atoms with Gasteiger partial charge in [-0.15, -0.1) is 0 Å². The summed E-state index contributed by atoms with van der Waals surface area (Å²) < 4.78 is 2.09. The fourth-order valence-corrected chi connectivity index (χ4v) is 4.57. The zero-order chi connectivity index (χ0) is 21.5. The van der Waals surface area contributed by atoms with Crippen molar-refractivity contribution in [3.8, 4) is 22.5 Å². The van der Waals surface area contributed by atoms with Gasteiger partial charge in [0, 0.05) is 28.9 Å². The fourth-order valence-electron chi connectivity index (χ4n) is 4.57. The number of nitrogens with two attached hydrogens (primary N) is 1. The third kappa shape index (κ3) is 3.14. The van der Waals surface area contributed by atoms with Crippen LogP contribution in [0.2, 0.25) is 0 Å². The zero-order valence-corrected chi connectivity index (χ0v) is 17.7. The SMILES string of the molecule is Nc1nccn2c(C3=CCCCC3)nc(-c3ccc4ccc(-c5ccccc5)nc4c3)c12. The van der Waals surface area contributed by atoms with Crippen LogP contribution in [0.3, 0.4) is 0 Å². The van der Waals surface area contributed by atoms with Crippen LogP contribution in [0.15, 0.2) is 79.1 Å². The topological polar surface area (TPSA) is 69.1 Å². The average molecular weight is 418 g/mol. The molecule has 5 nitrogen and oxygen atoms in total. The van der Waals surface area contributed by atoms with Gasteiger partial charge in [0.2, 0.25) is 0 Å². The van der Waals surface area contributed by atoms with Crippen LogP contribution in [0.25, 0.3) is 44.5 Å². The molecule has 0 spiro atoms. The molecular formula is C27H23N5. The third-order valence-corrected chi connectivity index (χ3v) is 6.20. The zero-order valence-electron chi connectivity index (χ0n) is 17.7.